The lowest BCUT2D eigenvalue weighted by atomic mass is 9.97. The van der Waals surface area contributed by atoms with Crippen LogP contribution in [0.2, 0.25) is 5.02 Å². The fourth-order valence-electron chi connectivity index (χ4n) is 1.45. The van der Waals surface area contributed by atoms with Crippen molar-refractivity contribution in [3.05, 3.63) is 22.8 Å². The van der Waals surface area contributed by atoms with Crippen LogP contribution in [0.4, 0.5) is 5.82 Å². The molecule has 0 fully saturated rings. The quantitative estimate of drug-likeness (QED) is 0.810. The summed E-state index contributed by atoms with van der Waals surface area (Å²) in [7, 11) is 0. The molecule has 1 unspecified atom stereocenters. The summed E-state index contributed by atoms with van der Waals surface area (Å²) < 4.78 is 0. The summed E-state index contributed by atoms with van der Waals surface area (Å²) in [6.07, 6.45) is 3.85. The van der Waals surface area contributed by atoms with Crippen molar-refractivity contribution < 1.29 is 0 Å². The van der Waals surface area contributed by atoms with Gasteiger partial charge in [0, 0.05) is 6.20 Å². The highest BCUT2D eigenvalue weighted by Crippen LogP contribution is 2.26. The maximum atomic E-state index is 5.84. The van der Waals surface area contributed by atoms with Crippen LogP contribution in [0.3, 0.4) is 0 Å². The molecule has 13 heavy (non-hydrogen) atoms. The number of halogens is 1. The van der Waals surface area contributed by atoms with E-state index in [4.69, 9.17) is 17.3 Å². The topological polar surface area (TPSA) is 38.9 Å². The van der Waals surface area contributed by atoms with E-state index >= 15 is 0 Å². The summed E-state index contributed by atoms with van der Waals surface area (Å²) in [5.74, 6) is 1.04. The Kier molecular flexibility index (Phi) is 3.55. The Morgan fingerprint density at radius 1 is 1.62 bits per heavy atom. The minimum absolute atomic E-state index is 0.441. The largest absolute Gasteiger partial charge is 0.383 e. The fraction of sp³-hybridized carbons (Fsp3) is 0.500. The van der Waals surface area contributed by atoms with Gasteiger partial charge in [0.25, 0.3) is 0 Å². The van der Waals surface area contributed by atoms with Gasteiger partial charge in [-0.05, 0) is 24.0 Å². The average Bonchev–Trinajstić information content (AvgIpc) is 2.09. The molecular formula is C10H15ClN2. The second-order valence-corrected chi connectivity index (χ2v) is 3.75. The summed E-state index contributed by atoms with van der Waals surface area (Å²) in [4.78, 5) is 4.03. The van der Waals surface area contributed by atoms with Crippen molar-refractivity contribution in [1.29, 1.82) is 0 Å². The van der Waals surface area contributed by atoms with Crippen LogP contribution in [-0.4, -0.2) is 4.98 Å². The van der Waals surface area contributed by atoms with E-state index < -0.39 is 0 Å². The van der Waals surface area contributed by atoms with Crippen molar-refractivity contribution in [3.8, 4) is 0 Å². The molecule has 0 saturated carbocycles. The Bertz CT molecular complexity index is 286. The van der Waals surface area contributed by atoms with Gasteiger partial charge >= 0.3 is 0 Å². The van der Waals surface area contributed by atoms with Crippen LogP contribution in [0.5, 0.6) is 0 Å². The van der Waals surface area contributed by atoms with Crippen LogP contribution < -0.4 is 5.73 Å². The van der Waals surface area contributed by atoms with Crippen LogP contribution in [-0.2, 0) is 0 Å². The standard InChI is InChI=1S/C10H15ClN2/c1-3-4-7(2)9-5-8(11)6-13-10(9)12/h5-7H,3-4H2,1-2H3,(H2,12,13). The molecule has 0 aliphatic rings. The number of aromatic nitrogens is 1. The molecule has 2 N–H and O–H groups in total. The van der Waals surface area contributed by atoms with Crippen molar-refractivity contribution >= 4 is 17.4 Å². The lowest BCUT2D eigenvalue weighted by Crippen LogP contribution is -2.01. The minimum Gasteiger partial charge on any atom is -0.383 e. The number of nitrogens with two attached hydrogens (primary N) is 1. The first-order chi connectivity index (χ1) is 6.15. The van der Waals surface area contributed by atoms with Crippen molar-refractivity contribution in [2.75, 3.05) is 5.73 Å². The number of hydrogen-bond donors (Lipinski definition) is 1. The Morgan fingerprint density at radius 3 is 2.92 bits per heavy atom. The molecule has 0 aliphatic carbocycles. The number of hydrogen-bond acceptors (Lipinski definition) is 2. The predicted molar refractivity (Wildman–Crippen MR) is 57.0 cm³/mol. The highest BCUT2D eigenvalue weighted by Gasteiger charge is 2.09. The van der Waals surface area contributed by atoms with Crippen LogP contribution >= 0.6 is 11.6 Å². The summed E-state index contributed by atoms with van der Waals surface area (Å²) in [5, 5.41) is 0.659. The van der Waals surface area contributed by atoms with E-state index in [9.17, 15) is 0 Å². The van der Waals surface area contributed by atoms with Crippen LogP contribution in [0.15, 0.2) is 12.3 Å². The molecular weight excluding hydrogens is 184 g/mol. The lowest BCUT2D eigenvalue weighted by molar-refractivity contribution is 0.664. The third kappa shape index (κ3) is 2.59. The smallest absolute Gasteiger partial charge is 0.126 e. The monoisotopic (exact) mass is 198 g/mol. The molecule has 1 aromatic rings. The molecule has 0 amide bonds. The third-order valence-electron chi connectivity index (χ3n) is 2.17. The molecule has 1 atom stereocenters. The fourth-order valence-corrected chi connectivity index (χ4v) is 1.62. The second kappa shape index (κ2) is 4.47. The Hall–Kier alpha value is -0.760. The van der Waals surface area contributed by atoms with Crippen molar-refractivity contribution in [1.82, 2.24) is 4.98 Å². The van der Waals surface area contributed by atoms with E-state index in [2.05, 4.69) is 18.8 Å². The Labute approximate surface area is 84.1 Å². The first-order valence-corrected chi connectivity index (χ1v) is 4.93. The summed E-state index contributed by atoms with van der Waals surface area (Å²) in [6, 6.07) is 1.91. The van der Waals surface area contributed by atoms with Gasteiger partial charge < -0.3 is 5.73 Å². The molecule has 1 heterocycles. The highest BCUT2D eigenvalue weighted by molar-refractivity contribution is 6.30. The van der Waals surface area contributed by atoms with E-state index in [0.717, 1.165) is 18.4 Å². The number of rotatable bonds is 3. The number of pyridine rings is 1. The zero-order valence-electron chi connectivity index (χ0n) is 8.05. The van der Waals surface area contributed by atoms with E-state index in [1.54, 1.807) is 6.20 Å². The van der Waals surface area contributed by atoms with Crippen LogP contribution in [0, 0.1) is 0 Å². The summed E-state index contributed by atoms with van der Waals surface area (Å²) in [5.41, 5.74) is 6.82. The molecule has 3 heteroatoms. The van der Waals surface area contributed by atoms with Gasteiger partial charge in [-0.1, -0.05) is 31.9 Å². The molecule has 0 saturated heterocycles. The van der Waals surface area contributed by atoms with Gasteiger partial charge in [-0.2, -0.15) is 0 Å². The van der Waals surface area contributed by atoms with E-state index in [-0.39, 0.29) is 0 Å². The molecule has 0 radical (unpaired) electrons. The lowest BCUT2D eigenvalue weighted by Gasteiger charge is -2.12. The third-order valence-corrected chi connectivity index (χ3v) is 2.38. The molecule has 0 bridgehead atoms. The predicted octanol–water partition coefficient (Wildman–Crippen LogP) is 3.22. The molecule has 0 aliphatic heterocycles. The molecule has 0 aromatic carbocycles. The number of anilines is 1. The maximum Gasteiger partial charge on any atom is 0.126 e. The van der Waals surface area contributed by atoms with Gasteiger partial charge in [-0.3, -0.25) is 0 Å². The van der Waals surface area contributed by atoms with Crippen molar-refractivity contribution in [3.63, 3.8) is 0 Å². The van der Waals surface area contributed by atoms with Crippen LogP contribution in [0.1, 0.15) is 38.2 Å². The van der Waals surface area contributed by atoms with E-state index in [0.29, 0.717) is 16.8 Å². The molecule has 1 rings (SSSR count). The molecule has 1 aromatic heterocycles. The molecule has 72 valence electrons. The summed E-state index contributed by atoms with van der Waals surface area (Å²) >= 11 is 5.84. The number of nitrogens with zero attached hydrogens (tertiary/aromatic N) is 1. The van der Waals surface area contributed by atoms with Crippen molar-refractivity contribution in [2.45, 2.75) is 32.6 Å². The van der Waals surface area contributed by atoms with Gasteiger partial charge in [0.05, 0.1) is 5.02 Å². The minimum atomic E-state index is 0.441. The van der Waals surface area contributed by atoms with Gasteiger partial charge in [-0.25, -0.2) is 4.98 Å². The van der Waals surface area contributed by atoms with E-state index in [1.165, 1.54) is 0 Å². The van der Waals surface area contributed by atoms with Gasteiger partial charge in [0.15, 0.2) is 0 Å². The second-order valence-electron chi connectivity index (χ2n) is 3.32. The highest BCUT2D eigenvalue weighted by atomic mass is 35.5. The van der Waals surface area contributed by atoms with Gasteiger partial charge in [-0.15, -0.1) is 0 Å². The first-order valence-electron chi connectivity index (χ1n) is 4.56. The van der Waals surface area contributed by atoms with E-state index in [1.807, 2.05) is 6.07 Å². The summed E-state index contributed by atoms with van der Waals surface area (Å²) in [6.45, 7) is 4.30. The van der Waals surface area contributed by atoms with Crippen LogP contribution in [0.25, 0.3) is 0 Å². The maximum absolute atomic E-state index is 5.84. The van der Waals surface area contributed by atoms with Crippen molar-refractivity contribution in [2.24, 2.45) is 0 Å². The van der Waals surface area contributed by atoms with Gasteiger partial charge in [0.2, 0.25) is 0 Å². The zero-order chi connectivity index (χ0) is 9.84. The Balaban J connectivity index is 2.91. The Morgan fingerprint density at radius 2 is 2.31 bits per heavy atom. The zero-order valence-corrected chi connectivity index (χ0v) is 8.80. The number of nitrogen functional groups attached to an aromatic ring is 1. The average molecular weight is 199 g/mol. The normalized spacial score (nSPS) is 12.8. The molecule has 0 spiro atoms. The van der Waals surface area contributed by atoms with Gasteiger partial charge in [0.1, 0.15) is 5.82 Å². The first kappa shape index (κ1) is 10.3. The SMILES string of the molecule is CCCC(C)c1cc(Cl)cnc1N. The molecule has 2 nitrogen and oxygen atoms in total.